The number of hydrogen-bond donors (Lipinski definition) is 2. The third-order valence-electron chi connectivity index (χ3n) is 3.31. The molecule has 24 heavy (non-hydrogen) atoms. The number of carbonyl (C=O) groups is 2. The second-order valence-electron chi connectivity index (χ2n) is 4.78. The minimum Gasteiger partial charge on any atom is -0.496 e. The lowest BCUT2D eigenvalue weighted by atomic mass is 10.2. The molecule has 2 aromatic rings. The summed E-state index contributed by atoms with van der Waals surface area (Å²) in [6.45, 7) is -0.706. The Kier molecular flexibility index (Phi) is 4.83. The molecular weight excluding hydrogens is 318 g/mol. The molecule has 0 atom stereocenters. The van der Waals surface area contributed by atoms with E-state index < -0.39 is 35.2 Å². The van der Waals surface area contributed by atoms with Gasteiger partial charge in [0.25, 0.3) is 5.56 Å². The third kappa shape index (κ3) is 3.19. The first-order chi connectivity index (χ1) is 11.4. The van der Waals surface area contributed by atoms with Crippen molar-refractivity contribution in [2.75, 3.05) is 19.5 Å². The summed E-state index contributed by atoms with van der Waals surface area (Å²) in [5, 5.41) is 0. The summed E-state index contributed by atoms with van der Waals surface area (Å²) in [6, 6.07) is 6.31. The molecule has 0 amide bonds. The number of rotatable bonds is 5. The van der Waals surface area contributed by atoms with Gasteiger partial charge in [0.05, 0.1) is 7.11 Å². The number of aromatic nitrogens is 2. The fraction of sp³-hybridized carbons (Fsp3) is 0.200. The van der Waals surface area contributed by atoms with Crippen LogP contribution in [-0.2, 0) is 11.8 Å². The van der Waals surface area contributed by atoms with E-state index in [1.165, 1.54) is 20.2 Å². The zero-order valence-electron chi connectivity index (χ0n) is 13.0. The van der Waals surface area contributed by atoms with Gasteiger partial charge in [-0.15, -0.1) is 0 Å². The molecule has 0 saturated carbocycles. The predicted octanol–water partition coefficient (Wildman–Crippen LogP) is -0.296. The molecule has 0 aliphatic carbocycles. The van der Waals surface area contributed by atoms with Crippen molar-refractivity contribution in [3.63, 3.8) is 0 Å². The Bertz CT molecular complexity index is 912. The maximum atomic E-state index is 12.1. The number of anilines is 1. The van der Waals surface area contributed by atoms with Crippen LogP contribution in [0.1, 0.15) is 20.7 Å². The van der Waals surface area contributed by atoms with E-state index in [1.54, 1.807) is 18.2 Å². The van der Waals surface area contributed by atoms with Gasteiger partial charge < -0.3 is 15.2 Å². The van der Waals surface area contributed by atoms with Gasteiger partial charge >= 0.3 is 11.7 Å². The van der Waals surface area contributed by atoms with Crippen molar-refractivity contribution in [2.45, 2.75) is 0 Å². The van der Waals surface area contributed by atoms with E-state index in [1.807, 2.05) is 4.98 Å². The molecule has 1 aromatic heterocycles. The third-order valence-corrected chi connectivity index (χ3v) is 3.31. The SMILES string of the molecule is COc1ccccc1C(=O)OCC(=O)c1c(N)n(C)c(=O)[nH]c1=O. The zero-order chi connectivity index (χ0) is 17.9. The van der Waals surface area contributed by atoms with E-state index in [-0.39, 0.29) is 17.1 Å². The van der Waals surface area contributed by atoms with Crippen molar-refractivity contribution >= 4 is 17.6 Å². The van der Waals surface area contributed by atoms with Crippen LogP contribution in [0.4, 0.5) is 5.82 Å². The highest BCUT2D eigenvalue weighted by atomic mass is 16.5. The number of nitrogens with zero attached hydrogens (tertiary/aromatic N) is 1. The van der Waals surface area contributed by atoms with Crippen LogP contribution in [-0.4, -0.2) is 35.0 Å². The van der Waals surface area contributed by atoms with Crippen LogP contribution in [0.2, 0.25) is 0 Å². The number of H-pyrrole nitrogens is 1. The molecule has 1 heterocycles. The number of nitrogens with one attached hydrogen (secondary N) is 1. The average molecular weight is 333 g/mol. The molecule has 1 aromatic carbocycles. The van der Waals surface area contributed by atoms with E-state index in [4.69, 9.17) is 15.2 Å². The van der Waals surface area contributed by atoms with Crippen LogP contribution < -0.4 is 21.7 Å². The zero-order valence-corrected chi connectivity index (χ0v) is 13.0. The first-order valence-corrected chi connectivity index (χ1v) is 6.79. The first-order valence-electron chi connectivity index (χ1n) is 6.79. The Morgan fingerprint density at radius 3 is 2.58 bits per heavy atom. The fourth-order valence-electron chi connectivity index (χ4n) is 2.00. The molecule has 3 N–H and O–H groups in total. The van der Waals surface area contributed by atoms with Gasteiger partial charge in [-0.3, -0.25) is 19.1 Å². The van der Waals surface area contributed by atoms with Crippen molar-refractivity contribution in [3.05, 3.63) is 56.2 Å². The number of nitrogens with two attached hydrogens (primary N) is 1. The molecule has 0 aliphatic rings. The number of ether oxygens (including phenoxy) is 2. The number of nitrogen functional groups attached to an aromatic ring is 1. The number of aromatic amines is 1. The van der Waals surface area contributed by atoms with Crippen LogP contribution in [0.3, 0.4) is 0 Å². The topological polar surface area (TPSA) is 133 Å². The second kappa shape index (κ2) is 6.82. The number of esters is 1. The normalized spacial score (nSPS) is 10.2. The maximum Gasteiger partial charge on any atom is 0.342 e. The highest BCUT2D eigenvalue weighted by molar-refractivity contribution is 6.02. The molecule has 0 unspecified atom stereocenters. The summed E-state index contributed by atoms with van der Waals surface area (Å²) in [4.78, 5) is 49.2. The second-order valence-corrected chi connectivity index (χ2v) is 4.78. The molecule has 0 saturated heterocycles. The van der Waals surface area contributed by atoms with Gasteiger partial charge in [-0.25, -0.2) is 9.59 Å². The van der Waals surface area contributed by atoms with Gasteiger partial charge in [0, 0.05) is 7.05 Å². The van der Waals surface area contributed by atoms with Crippen LogP contribution >= 0.6 is 0 Å². The Labute approximate surface area is 135 Å². The molecule has 0 spiro atoms. The Balaban J connectivity index is 2.20. The smallest absolute Gasteiger partial charge is 0.342 e. The lowest BCUT2D eigenvalue weighted by Gasteiger charge is -2.09. The quantitative estimate of drug-likeness (QED) is 0.567. The van der Waals surface area contributed by atoms with Crippen LogP contribution in [0.15, 0.2) is 33.9 Å². The van der Waals surface area contributed by atoms with Crippen molar-refractivity contribution in [1.82, 2.24) is 9.55 Å². The van der Waals surface area contributed by atoms with Crippen molar-refractivity contribution in [1.29, 1.82) is 0 Å². The standard InChI is InChI=1S/C15H15N3O6/c1-18-12(16)11(13(20)17-15(18)22)9(19)7-24-14(21)8-5-3-4-6-10(8)23-2/h3-6H,7,16H2,1-2H3,(H,17,20,22). The molecule has 9 nitrogen and oxygen atoms in total. The first kappa shape index (κ1) is 17.0. The summed E-state index contributed by atoms with van der Waals surface area (Å²) in [6.07, 6.45) is 0. The highest BCUT2D eigenvalue weighted by Crippen LogP contribution is 2.18. The number of methoxy groups -OCH3 is 1. The van der Waals surface area contributed by atoms with E-state index in [2.05, 4.69) is 0 Å². The summed E-state index contributed by atoms with van der Waals surface area (Å²) >= 11 is 0. The molecule has 0 fully saturated rings. The van der Waals surface area contributed by atoms with Crippen LogP contribution in [0.25, 0.3) is 0 Å². The Hall–Kier alpha value is -3.36. The maximum absolute atomic E-state index is 12.1. The molecule has 0 aliphatic heterocycles. The molecule has 9 heteroatoms. The number of benzene rings is 1. The minimum atomic E-state index is -0.936. The molecule has 2 rings (SSSR count). The van der Waals surface area contributed by atoms with Crippen molar-refractivity contribution in [2.24, 2.45) is 7.05 Å². The number of Topliss-reactive ketones (excluding diaryl/α,β-unsaturated/α-hetero) is 1. The highest BCUT2D eigenvalue weighted by Gasteiger charge is 2.21. The largest absolute Gasteiger partial charge is 0.496 e. The summed E-state index contributed by atoms with van der Waals surface area (Å²) < 4.78 is 10.8. The lowest BCUT2D eigenvalue weighted by Crippen LogP contribution is -2.35. The predicted molar refractivity (Wildman–Crippen MR) is 84.3 cm³/mol. The average Bonchev–Trinajstić information content (AvgIpc) is 2.57. The summed E-state index contributed by atoms with van der Waals surface area (Å²) in [7, 11) is 2.69. The van der Waals surface area contributed by atoms with Crippen LogP contribution in [0, 0.1) is 0 Å². The Morgan fingerprint density at radius 2 is 1.92 bits per heavy atom. The van der Waals surface area contributed by atoms with E-state index >= 15 is 0 Å². The van der Waals surface area contributed by atoms with E-state index in [0.29, 0.717) is 0 Å². The van der Waals surface area contributed by atoms with Gasteiger partial charge in [-0.05, 0) is 12.1 Å². The van der Waals surface area contributed by atoms with Crippen molar-refractivity contribution in [3.8, 4) is 5.75 Å². The van der Waals surface area contributed by atoms with E-state index in [9.17, 15) is 19.2 Å². The van der Waals surface area contributed by atoms with Crippen LogP contribution in [0.5, 0.6) is 5.75 Å². The van der Waals surface area contributed by atoms with Gasteiger partial charge in [0.2, 0.25) is 5.78 Å². The van der Waals surface area contributed by atoms with E-state index in [0.717, 1.165) is 4.57 Å². The fourth-order valence-corrected chi connectivity index (χ4v) is 2.00. The number of ketones is 1. The molecular formula is C15H15N3O6. The number of carbonyl (C=O) groups excluding carboxylic acids is 2. The van der Waals surface area contributed by atoms with Gasteiger partial charge in [-0.2, -0.15) is 0 Å². The molecule has 0 bridgehead atoms. The number of para-hydroxylation sites is 1. The Morgan fingerprint density at radius 1 is 1.25 bits per heavy atom. The van der Waals surface area contributed by atoms with Gasteiger partial charge in [0.1, 0.15) is 22.7 Å². The lowest BCUT2D eigenvalue weighted by molar-refractivity contribution is 0.0471. The number of hydrogen-bond acceptors (Lipinski definition) is 7. The summed E-state index contributed by atoms with van der Waals surface area (Å²) in [5.74, 6) is -1.63. The van der Waals surface area contributed by atoms with Gasteiger partial charge in [0.15, 0.2) is 6.61 Å². The summed E-state index contributed by atoms with van der Waals surface area (Å²) in [5.41, 5.74) is 3.62. The monoisotopic (exact) mass is 333 g/mol. The van der Waals surface area contributed by atoms with Gasteiger partial charge in [-0.1, -0.05) is 12.1 Å². The van der Waals surface area contributed by atoms with Crippen molar-refractivity contribution < 1.29 is 19.1 Å². The molecule has 0 radical (unpaired) electrons. The molecule has 126 valence electrons. The minimum absolute atomic E-state index is 0.134.